The zero-order chi connectivity index (χ0) is 32.9. The number of aryl methyl sites for hydroxylation is 3. The molecule has 1 N–H and O–H groups in total. The molecule has 0 atom stereocenters. The number of para-hydroxylation sites is 2. The molecule has 2 heterocycles. The molecule has 0 saturated carbocycles. The Morgan fingerprint density at radius 3 is 2.04 bits per heavy atom. The molecule has 0 saturated heterocycles. The van der Waals surface area contributed by atoms with E-state index in [1.54, 1.807) is 6.07 Å². The average Bonchev–Trinajstić information content (AvgIpc) is 3.44. The van der Waals surface area contributed by atoms with E-state index in [0.717, 1.165) is 44.7 Å². The molecule has 4 nitrogen and oxygen atoms in total. The molecular formula is C43H38N3OPt-. The van der Waals surface area contributed by atoms with Gasteiger partial charge in [-0.15, -0.1) is 23.8 Å². The molecule has 242 valence electrons. The van der Waals surface area contributed by atoms with Gasteiger partial charge in [0.25, 0.3) is 0 Å². The van der Waals surface area contributed by atoms with Gasteiger partial charge in [-0.1, -0.05) is 104 Å². The molecule has 0 radical (unpaired) electrons. The molecule has 0 aliphatic rings. The fourth-order valence-electron chi connectivity index (χ4n) is 6.65. The standard InChI is InChI=1S/C43H38N3O.Pt/c1-27-20-28(2)40(29(3)21-27)32-23-30(22-31(24-32)37-17-12-13-19-44-37)36-25-33(43(4,5)6)26-38-41(36)45-42(35-16-10-11-18-39(35)47)46(38)34-14-8-7-9-15-34;/h7-21,23-26,47H,1-6H3;/q-1;. The molecule has 5 heteroatoms. The van der Waals surface area contributed by atoms with Crippen molar-refractivity contribution in [2.24, 2.45) is 0 Å². The SMILES string of the molecule is Cc1cc(C)c(-c2cc(-c3ccccn3)[c-]c(-c3cc(C(C)(C)C)cc4c3nc(-c3ccccc3O)n4-c3ccccc3)c2)c(C)c1.[Pt]. The van der Waals surface area contributed by atoms with Gasteiger partial charge in [-0.3, -0.25) is 9.55 Å². The third-order valence-electron chi connectivity index (χ3n) is 8.85. The van der Waals surface area contributed by atoms with Crippen LogP contribution in [0.2, 0.25) is 0 Å². The zero-order valence-electron chi connectivity index (χ0n) is 28.1. The van der Waals surface area contributed by atoms with E-state index in [1.165, 1.54) is 27.8 Å². The van der Waals surface area contributed by atoms with Gasteiger partial charge in [-0.05, 0) is 84.8 Å². The molecule has 0 fully saturated rings. The summed E-state index contributed by atoms with van der Waals surface area (Å²) in [4.78, 5) is 10.1. The molecule has 7 rings (SSSR count). The van der Waals surface area contributed by atoms with E-state index in [-0.39, 0.29) is 32.2 Å². The first-order chi connectivity index (χ1) is 22.6. The summed E-state index contributed by atoms with van der Waals surface area (Å²) in [5, 5.41) is 11.1. The molecule has 5 aromatic carbocycles. The third-order valence-corrected chi connectivity index (χ3v) is 8.85. The van der Waals surface area contributed by atoms with Gasteiger partial charge in [-0.25, -0.2) is 4.98 Å². The van der Waals surface area contributed by atoms with Crippen LogP contribution in [0.5, 0.6) is 5.75 Å². The van der Waals surface area contributed by atoms with Gasteiger partial charge in [0.2, 0.25) is 0 Å². The van der Waals surface area contributed by atoms with Crippen LogP contribution >= 0.6 is 0 Å². The minimum absolute atomic E-state index is 0. The van der Waals surface area contributed by atoms with Crippen molar-refractivity contribution in [1.82, 2.24) is 14.5 Å². The van der Waals surface area contributed by atoms with Gasteiger partial charge < -0.3 is 5.11 Å². The van der Waals surface area contributed by atoms with Gasteiger partial charge in [0.05, 0.1) is 16.6 Å². The number of phenols is 1. The smallest absolute Gasteiger partial charge is 0.148 e. The first kappa shape index (κ1) is 33.1. The van der Waals surface area contributed by atoms with Crippen LogP contribution in [-0.2, 0) is 26.5 Å². The molecule has 48 heavy (non-hydrogen) atoms. The normalized spacial score (nSPS) is 11.5. The summed E-state index contributed by atoms with van der Waals surface area (Å²) in [5.41, 5.74) is 14.3. The monoisotopic (exact) mass is 807 g/mol. The Bertz CT molecular complexity index is 2240. The number of nitrogens with zero attached hydrogens (tertiary/aromatic N) is 3. The maximum atomic E-state index is 11.1. The molecule has 0 bridgehead atoms. The van der Waals surface area contributed by atoms with Gasteiger partial charge in [-0.2, -0.15) is 0 Å². The van der Waals surface area contributed by atoms with Crippen LogP contribution in [0.1, 0.15) is 43.0 Å². The number of hydrogen-bond acceptors (Lipinski definition) is 3. The fraction of sp³-hybridized carbons (Fsp3) is 0.163. The van der Waals surface area contributed by atoms with E-state index in [2.05, 4.69) is 101 Å². The van der Waals surface area contributed by atoms with Crippen molar-refractivity contribution >= 4 is 11.0 Å². The Labute approximate surface area is 297 Å². The van der Waals surface area contributed by atoms with E-state index >= 15 is 0 Å². The third kappa shape index (κ3) is 6.13. The van der Waals surface area contributed by atoms with Crippen molar-refractivity contribution in [1.29, 1.82) is 0 Å². The number of pyridine rings is 1. The van der Waals surface area contributed by atoms with Gasteiger partial charge >= 0.3 is 0 Å². The van der Waals surface area contributed by atoms with Crippen molar-refractivity contribution in [3.63, 3.8) is 0 Å². The summed E-state index contributed by atoms with van der Waals surface area (Å²) >= 11 is 0. The maximum Gasteiger partial charge on any atom is 0.148 e. The van der Waals surface area contributed by atoms with Crippen LogP contribution in [0.3, 0.4) is 0 Å². The number of benzene rings is 5. The van der Waals surface area contributed by atoms with Crippen molar-refractivity contribution < 1.29 is 26.2 Å². The second-order valence-electron chi connectivity index (χ2n) is 13.5. The number of fused-ring (bicyclic) bond motifs is 1. The van der Waals surface area contributed by atoms with E-state index < -0.39 is 0 Å². The maximum absolute atomic E-state index is 11.1. The predicted molar refractivity (Wildman–Crippen MR) is 194 cm³/mol. The van der Waals surface area contributed by atoms with Crippen LogP contribution in [0.4, 0.5) is 0 Å². The van der Waals surface area contributed by atoms with E-state index in [9.17, 15) is 5.11 Å². The predicted octanol–water partition coefficient (Wildman–Crippen LogP) is 10.8. The van der Waals surface area contributed by atoms with Crippen molar-refractivity contribution in [2.45, 2.75) is 47.0 Å². The average molecular weight is 808 g/mol. The summed E-state index contributed by atoms with van der Waals surface area (Å²) in [6.07, 6.45) is 1.83. The Balaban J connectivity index is 0.00000401. The molecule has 0 aliphatic heterocycles. The Morgan fingerprint density at radius 2 is 1.38 bits per heavy atom. The van der Waals surface area contributed by atoms with Crippen LogP contribution in [-0.4, -0.2) is 19.6 Å². The summed E-state index contributed by atoms with van der Waals surface area (Å²) < 4.78 is 2.17. The van der Waals surface area contributed by atoms with Gasteiger partial charge in [0.1, 0.15) is 11.6 Å². The minimum Gasteiger partial charge on any atom is -0.507 e. The van der Waals surface area contributed by atoms with Crippen LogP contribution in [0.15, 0.2) is 115 Å². The summed E-state index contributed by atoms with van der Waals surface area (Å²) in [6, 6.07) is 40.9. The Morgan fingerprint density at radius 1 is 0.708 bits per heavy atom. The number of phenolic OH excluding ortho intramolecular Hbond substituents is 1. The quantitative estimate of drug-likeness (QED) is 0.176. The van der Waals surface area contributed by atoms with E-state index in [4.69, 9.17) is 9.97 Å². The molecular weight excluding hydrogens is 770 g/mol. The fourth-order valence-corrected chi connectivity index (χ4v) is 6.65. The Kier molecular flexibility index (Phi) is 8.98. The number of imidazole rings is 1. The molecule has 0 aliphatic carbocycles. The first-order valence-electron chi connectivity index (χ1n) is 16.1. The van der Waals surface area contributed by atoms with E-state index in [1.807, 2.05) is 60.8 Å². The van der Waals surface area contributed by atoms with Crippen LogP contribution in [0.25, 0.3) is 61.6 Å². The number of aromatic nitrogens is 3. The molecule has 7 aromatic rings. The summed E-state index contributed by atoms with van der Waals surface area (Å²) in [6.45, 7) is 13.2. The van der Waals surface area contributed by atoms with Crippen molar-refractivity contribution in [2.75, 3.05) is 0 Å². The van der Waals surface area contributed by atoms with Gasteiger partial charge in [0, 0.05) is 38.6 Å². The molecule has 2 aromatic heterocycles. The molecule has 0 unspecified atom stereocenters. The summed E-state index contributed by atoms with van der Waals surface area (Å²) in [7, 11) is 0. The van der Waals surface area contributed by atoms with Crippen LogP contribution < -0.4 is 0 Å². The molecule has 0 spiro atoms. The number of rotatable bonds is 5. The summed E-state index contributed by atoms with van der Waals surface area (Å²) in [5.74, 6) is 0.872. The zero-order valence-corrected chi connectivity index (χ0v) is 30.3. The van der Waals surface area contributed by atoms with Crippen LogP contribution in [0, 0.1) is 26.8 Å². The minimum atomic E-state index is -0.144. The van der Waals surface area contributed by atoms with Crippen molar-refractivity contribution in [3.05, 3.63) is 144 Å². The van der Waals surface area contributed by atoms with Crippen molar-refractivity contribution in [3.8, 4) is 56.3 Å². The van der Waals surface area contributed by atoms with E-state index in [0.29, 0.717) is 11.4 Å². The second-order valence-corrected chi connectivity index (χ2v) is 13.5. The number of aromatic hydroxyl groups is 1. The first-order valence-corrected chi connectivity index (χ1v) is 16.1. The molecule has 0 amide bonds. The second kappa shape index (κ2) is 13.0. The Hall–Kier alpha value is -4.79. The van der Waals surface area contributed by atoms with Gasteiger partial charge in [0.15, 0.2) is 0 Å². The number of hydrogen-bond donors (Lipinski definition) is 1. The topological polar surface area (TPSA) is 50.9 Å². The largest absolute Gasteiger partial charge is 0.507 e.